The molecular formula is C22H16N6OS. The molecule has 0 saturated carbocycles. The molecule has 3 aromatic heterocycles. The number of rotatable bonds is 4. The molecule has 0 saturated heterocycles. The third-order valence-electron chi connectivity index (χ3n) is 4.77. The quantitative estimate of drug-likeness (QED) is 0.366. The zero-order valence-electron chi connectivity index (χ0n) is 15.7. The van der Waals surface area contributed by atoms with Crippen LogP contribution in [0.4, 0.5) is 22.9 Å². The summed E-state index contributed by atoms with van der Waals surface area (Å²) in [6.45, 7) is 0. The second-order valence-electron chi connectivity index (χ2n) is 6.61. The predicted octanol–water partition coefficient (Wildman–Crippen LogP) is 4.82. The number of carbonyl (C=O) groups is 1. The molecule has 1 amide bonds. The van der Waals surface area contributed by atoms with Gasteiger partial charge in [-0.2, -0.15) is 0 Å². The number of para-hydroxylation sites is 1. The highest BCUT2D eigenvalue weighted by Crippen LogP contribution is 2.33. The van der Waals surface area contributed by atoms with Gasteiger partial charge in [0, 0.05) is 45.3 Å². The molecule has 3 heterocycles. The van der Waals surface area contributed by atoms with Gasteiger partial charge < -0.3 is 16.4 Å². The van der Waals surface area contributed by atoms with Crippen molar-refractivity contribution in [1.82, 2.24) is 15.0 Å². The number of thiazole rings is 1. The van der Waals surface area contributed by atoms with Gasteiger partial charge in [-0.15, -0.1) is 11.3 Å². The molecule has 0 fully saturated rings. The number of nitrogens with one attached hydrogen (secondary N) is 2. The van der Waals surface area contributed by atoms with Crippen LogP contribution in [0.3, 0.4) is 0 Å². The van der Waals surface area contributed by atoms with Crippen LogP contribution in [0.15, 0.2) is 71.8 Å². The molecule has 0 aliphatic rings. The summed E-state index contributed by atoms with van der Waals surface area (Å²) >= 11 is 1.37. The van der Waals surface area contributed by atoms with E-state index in [9.17, 15) is 4.79 Å². The Bertz CT molecular complexity index is 1380. The zero-order valence-corrected chi connectivity index (χ0v) is 16.5. The summed E-state index contributed by atoms with van der Waals surface area (Å²) in [5, 5.41) is 10.7. The first-order valence-corrected chi connectivity index (χ1v) is 10.1. The van der Waals surface area contributed by atoms with Crippen molar-refractivity contribution in [2.75, 3.05) is 16.4 Å². The van der Waals surface area contributed by atoms with Crippen molar-refractivity contribution < 1.29 is 4.79 Å². The van der Waals surface area contributed by atoms with Gasteiger partial charge in [-0.05, 0) is 24.3 Å². The Morgan fingerprint density at radius 1 is 0.867 bits per heavy atom. The first-order valence-electron chi connectivity index (χ1n) is 9.18. The number of nitrogen functional groups attached to an aromatic ring is 1. The normalized spacial score (nSPS) is 10.9. The Balaban J connectivity index is 1.55. The van der Waals surface area contributed by atoms with Gasteiger partial charge in [0.1, 0.15) is 11.5 Å². The van der Waals surface area contributed by atoms with Crippen LogP contribution in [0, 0.1) is 0 Å². The lowest BCUT2D eigenvalue weighted by molar-refractivity contribution is 0.102. The Morgan fingerprint density at radius 3 is 2.53 bits per heavy atom. The second kappa shape index (κ2) is 7.41. The van der Waals surface area contributed by atoms with Gasteiger partial charge in [0.2, 0.25) is 0 Å². The average molecular weight is 412 g/mol. The SMILES string of the molecule is Nc1cccc2c(Nc3cccc4c(NC(=O)c5cscn5)nccc34)ccnc12. The topological polar surface area (TPSA) is 106 Å². The maximum Gasteiger partial charge on any atom is 0.276 e. The molecule has 5 aromatic rings. The molecule has 5 rings (SSSR count). The number of nitrogens with two attached hydrogens (primary N) is 1. The zero-order chi connectivity index (χ0) is 20.5. The minimum Gasteiger partial charge on any atom is -0.397 e. The van der Waals surface area contributed by atoms with E-state index in [-0.39, 0.29) is 5.91 Å². The third kappa shape index (κ3) is 3.19. The fourth-order valence-electron chi connectivity index (χ4n) is 3.36. The first-order chi connectivity index (χ1) is 14.7. The van der Waals surface area contributed by atoms with Crippen LogP contribution in [0.5, 0.6) is 0 Å². The van der Waals surface area contributed by atoms with Crippen molar-refractivity contribution in [1.29, 1.82) is 0 Å². The highest BCUT2D eigenvalue weighted by atomic mass is 32.1. The summed E-state index contributed by atoms with van der Waals surface area (Å²) in [6.07, 6.45) is 3.40. The Kier molecular flexibility index (Phi) is 4.45. The van der Waals surface area contributed by atoms with E-state index in [2.05, 4.69) is 25.6 Å². The first kappa shape index (κ1) is 18.0. The average Bonchev–Trinajstić information content (AvgIpc) is 3.30. The van der Waals surface area contributed by atoms with Gasteiger partial charge in [0.05, 0.1) is 16.7 Å². The Morgan fingerprint density at radius 2 is 1.67 bits per heavy atom. The lowest BCUT2D eigenvalue weighted by Crippen LogP contribution is -2.13. The monoisotopic (exact) mass is 412 g/mol. The van der Waals surface area contributed by atoms with Gasteiger partial charge in [-0.25, -0.2) is 9.97 Å². The van der Waals surface area contributed by atoms with Gasteiger partial charge in [-0.3, -0.25) is 9.78 Å². The van der Waals surface area contributed by atoms with Crippen molar-refractivity contribution in [3.05, 3.63) is 77.5 Å². The number of carbonyl (C=O) groups excluding carboxylic acids is 1. The lowest BCUT2D eigenvalue weighted by atomic mass is 10.1. The molecule has 0 spiro atoms. The minimum absolute atomic E-state index is 0.287. The smallest absolute Gasteiger partial charge is 0.276 e. The summed E-state index contributed by atoms with van der Waals surface area (Å²) in [4.78, 5) is 25.2. The Labute approximate surface area is 175 Å². The number of amides is 1. The fourth-order valence-corrected chi connectivity index (χ4v) is 3.90. The van der Waals surface area contributed by atoms with Crippen LogP contribution in [-0.2, 0) is 0 Å². The number of pyridine rings is 2. The molecule has 0 atom stereocenters. The second-order valence-corrected chi connectivity index (χ2v) is 7.33. The van der Waals surface area contributed by atoms with Crippen LogP contribution in [0.25, 0.3) is 21.7 Å². The van der Waals surface area contributed by atoms with Crippen LogP contribution < -0.4 is 16.4 Å². The summed E-state index contributed by atoms with van der Waals surface area (Å²) < 4.78 is 0. The molecule has 7 nitrogen and oxygen atoms in total. The van der Waals surface area contributed by atoms with Crippen molar-refractivity contribution in [2.24, 2.45) is 0 Å². The van der Waals surface area contributed by atoms with Gasteiger partial charge >= 0.3 is 0 Å². The number of hydrogen-bond donors (Lipinski definition) is 3. The number of hydrogen-bond acceptors (Lipinski definition) is 7. The molecular weight excluding hydrogens is 396 g/mol. The summed E-state index contributed by atoms with van der Waals surface area (Å²) in [5.74, 6) is 0.197. The van der Waals surface area contributed by atoms with E-state index in [1.165, 1.54) is 11.3 Å². The van der Waals surface area contributed by atoms with Crippen LogP contribution in [-0.4, -0.2) is 20.9 Å². The lowest BCUT2D eigenvalue weighted by Gasteiger charge is -2.14. The standard InChI is InChI=1S/C22H16N6OS/c23-16-5-1-4-15-18(8-10-24-20(15)16)27-17-6-2-3-14-13(17)7-9-25-21(14)28-22(29)19-11-30-12-26-19/h1-12H,23H2,(H,24,27)(H,25,28,29). The maximum absolute atomic E-state index is 12.4. The molecule has 30 heavy (non-hydrogen) atoms. The van der Waals surface area contributed by atoms with Crippen LogP contribution in [0.2, 0.25) is 0 Å². The van der Waals surface area contributed by atoms with E-state index in [0.29, 0.717) is 17.2 Å². The molecule has 0 aliphatic heterocycles. The fraction of sp³-hybridized carbons (Fsp3) is 0. The van der Waals surface area contributed by atoms with Crippen LogP contribution >= 0.6 is 11.3 Å². The van der Waals surface area contributed by atoms with Crippen molar-refractivity contribution in [2.45, 2.75) is 0 Å². The highest BCUT2D eigenvalue weighted by Gasteiger charge is 2.13. The summed E-state index contributed by atoms with van der Waals surface area (Å²) in [7, 11) is 0. The van der Waals surface area contributed by atoms with Gasteiger partial charge in [0.15, 0.2) is 0 Å². The van der Waals surface area contributed by atoms with E-state index in [0.717, 1.165) is 33.1 Å². The summed E-state index contributed by atoms with van der Waals surface area (Å²) in [5.41, 5.74) is 11.2. The highest BCUT2D eigenvalue weighted by molar-refractivity contribution is 7.07. The van der Waals surface area contributed by atoms with Gasteiger partial charge in [-0.1, -0.05) is 24.3 Å². The van der Waals surface area contributed by atoms with E-state index in [1.807, 2.05) is 48.5 Å². The van der Waals surface area contributed by atoms with E-state index >= 15 is 0 Å². The predicted molar refractivity (Wildman–Crippen MR) is 121 cm³/mol. The summed E-state index contributed by atoms with van der Waals surface area (Å²) in [6, 6.07) is 15.4. The van der Waals surface area contributed by atoms with Gasteiger partial charge in [0.25, 0.3) is 5.91 Å². The molecule has 4 N–H and O–H groups in total. The number of fused-ring (bicyclic) bond motifs is 2. The van der Waals surface area contributed by atoms with E-state index in [1.54, 1.807) is 23.3 Å². The number of benzene rings is 2. The van der Waals surface area contributed by atoms with Crippen molar-refractivity contribution >= 4 is 61.8 Å². The molecule has 2 aromatic carbocycles. The number of anilines is 4. The number of nitrogens with zero attached hydrogens (tertiary/aromatic N) is 3. The third-order valence-corrected chi connectivity index (χ3v) is 5.36. The maximum atomic E-state index is 12.4. The van der Waals surface area contributed by atoms with E-state index < -0.39 is 0 Å². The molecule has 8 heteroatoms. The molecule has 0 bridgehead atoms. The van der Waals surface area contributed by atoms with E-state index in [4.69, 9.17) is 5.73 Å². The molecule has 0 radical (unpaired) electrons. The largest absolute Gasteiger partial charge is 0.397 e. The van der Waals surface area contributed by atoms with Crippen LogP contribution in [0.1, 0.15) is 10.5 Å². The Hall–Kier alpha value is -4.04. The molecule has 0 aliphatic carbocycles. The van der Waals surface area contributed by atoms with Crippen molar-refractivity contribution in [3.63, 3.8) is 0 Å². The number of aromatic nitrogens is 3. The minimum atomic E-state index is -0.287. The molecule has 0 unspecified atom stereocenters. The molecule has 146 valence electrons. The van der Waals surface area contributed by atoms with Crippen molar-refractivity contribution in [3.8, 4) is 0 Å².